The molecule has 0 aromatic heterocycles. The van der Waals surface area contributed by atoms with Gasteiger partial charge in [0.15, 0.2) is 0 Å². The molecular weight excluding hydrogens is 416 g/mol. The highest BCUT2D eigenvalue weighted by molar-refractivity contribution is 5.61. The van der Waals surface area contributed by atoms with Crippen LogP contribution in [0.1, 0.15) is 42.4 Å². The highest BCUT2D eigenvalue weighted by atomic mass is 16.5. The number of fused-ring (bicyclic) bond motifs is 1. The Balaban J connectivity index is 1.39. The van der Waals surface area contributed by atoms with E-state index in [0.29, 0.717) is 19.1 Å². The molecule has 0 aliphatic carbocycles. The van der Waals surface area contributed by atoms with Gasteiger partial charge in [0.1, 0.15) is 12.4 Å². The molecule has 0 radical (unpaired) electrons. The molecule has 6 heteroatoms. The van der Waals surface area contributed by atoms with Crippen molar-refractivity contribution in [2.24, 2.45) is 0 Å². The van der Waals surface area contributed by atoms with Gasteiger partial charge in [0.2, 0.25) is 0 Å². The molecule has 0 spiro atoms. The topological polar surface area (TPSA) is 52.2 Å². The Kier molecular flexibility index (Phi) is 9.01. The zero-order valence-corrected chi connectivity index (χ0v) is 20.1. The molecule has 0 bridgehead atoms. The van der Waals surface area contributed by atoms with Gasteiger partial charge in [-0.25, -0.2) is 0 Å². The quantitative estimate of drug-likeness (QED) is 0.516. The van der Waals surface area contributed by atoms with Gasteiger partial charge in [0.25, 0.3) is 0 Å². The van der Waals surface area contributed by atoms with Crippen molar-refractivity contribution in [3.63, 3.8) is 0 Å². The minimum absolute atomic E-state index is 0.154. The largest absolute Gasteiger partial charge is 0.490 e. The van der Waals surface area contributed by atoms with Crippen LogP contribution in [0.15, 0.2) is 42.5 Å². The SMILES string of the molecule is CCOCc1ccc(C2CCNCC2OCc2ccc3c(c2)N(CCCOC)CCO3)cc1. The number of piperidine rings is 1. The highest BCUT2D eigenvalue weighted by Crippen LogP contribution is 2.34. The van der Waals surface area contributed by atoms with Gasteiger partial charge in [0, 0.05) is 39.3 Å². The van der Waals surface area contributed by atoms with Crippen LogP contribution < -0.4 is 15.0 Å². The molecule has 1 saturated heterocycles. The lowest BCUT2D eigenvalue weighted by Gasteiger charge is -2.33. The van der Waals surface area contributed by atoms with E-state index in [-0.39, 0.29) is 6.10 Å². The molecular formula is C27H38N2O4. The number of methoxy groups -OCH3 is 1. The maximum atomic E-state index is 6.49. The Bertz CT molecular complexity index is 858. The van der Waals surface area contributed by atoms with E-state index >= 15 is 0 Å². The third-order valence-corrected chi connectivity index (χ3v) is 6.53. The summed E-state index contributed by atoms with van der Waals surface area (Å²) in [5.74, 6) is 1.37. The van der Waals surface area contributed by atoms with Crippen LogP contribution in [0.25, 0.3) is 0 Å². The average molecular weight is 455 g/mol. The molecule has 2 aliphatic rings. The minimum atomic E-state index is 0.154. The standard InChI is InChI=1S/C27H38N2O4/c1-3-31-19-21-5-8-23(9-6-21)24-11-12-28-18-27(24)33-20-22-7-10-26-25(17-22)29(14-16-32-26)13-4-15-30-2/h5-10,17,24,27-28H,3-4,11-16,18-20H2,1-2H3. The van der Waals surface area contributed by atoms with Gasteiger partial charge in [-0.1, -0.05) is 30.3 Å². The van der Waals surface area contributed by atoms with E-state index in [1.54, 1.807) is 7.11 Å². The molecule has 2 atom stereocenters. The maximum absolute atomic E-state index is 6.49. The predicted octanol–water partition coefficient (Wildman–Crippen LogP) is 4.12. The molecule has 2 aliphatic heterocycles. The Morgan fingerprint density at radius 2 is 1.94 bits per heavy atom. The average Bonchev–Trinajstić information content (AvgIpc) is 2.87. The van der Waals surface area contributed by atoms with Crippen molar-refractivity contribution in [2.75, 3.05) is 58.0 Å². The molecule has 1 N–H and O–H groups in total. The second kappa shape index (κ2) is 12.4. The lowest BCUT2D eigenvalue weighted by atomic mass is 9.87. The molecule has 2 aromatic carbocycles. The van der Waals surface area contributed by atoms with E-state index in [2.05, 4.69) is 52.7 Å². The normalized spacial score (nSPS) is 20.4. The van der Waals surface area contributed by atoms with Crippen molar-refractivity contribution in [1.29, 1.82) is 0 Å². The van der Waals surface area contributed by atoms with Crippen molar-refractivity contribution in [2.45, 2.75) is 45.0 Å². The summed E-state index contributed by atoms with van der Waals surface area (Å²) in [6.45, 7) is 9.34. The van der Waals surface area contributed by atoms with Crippen LogP contribution in [0.3, 0.4) is 0 Å². The van der Waals surface area contributed by atoms with Gasteiger partial charge >= 0.3 is 0 Å². The van der Waals surface area contributed by atoms with E-state index in [1.807, 2.05) is 6.92 Å². The van der Waals surface area contributed by atoms with E-state index in [9.17, 15) is 0 Å². The van der Waals surface area contributed by atoms with Crippen LogP contribution >= 0.6 is 0 Å². The fraction of sp³-hybridized carbons (Fsp3) is 0.556. The predicted molar refractivity (Wildman–Crippen MR) is 131 cm³/mol. The van der Waals surface area contributed by atoms with Gasteiger partial charge in [0.05, 0.1) is 31.5 Å². The zero-order valence-electron chi connectivity index (χ0n) is 20.1. The Morgan fingerprint density at radius 1 is 1.09 bits per heavy atom. The number of ether oxygens (including phenoxy) is 4. The van der Waals surface area contributed by atoms with Crippen LogP contribution in [0, 0.1) is 0 Å². The summed E-state index contributed by atoms with van der Waals surface area (Å²) in [6, 6.07) is 15.3. The van der Waals surface area contributed by atoms with Crippen molar-refractivity contribution in [1.82, 2.24) is 5.32 Å². The number of rotatable bonds is 11. The number of nitrogens with one attached hydrogen (secondary N) is 1. The Hall–Kier alpha value is -2.12. The van der Waals surface area contributed by atoms with Gasteiger partial charge in [-0.05, 0) is 55.1 Å². The summed E-state index contributed by atoms with van der Waals surface area (Å²) in [4.78, 5) is 2.40. The lowest BCUT2D eigenvalue weighted by molar-refractivity contribution is 0.0106. The fourth-order valence-electron chi connectivity index (χ4n) is 4.71. The first-order valence-corrected chi connectivity index (χ1v) is 12.3. The monoisotopic (exact) mass is 454 g/mol. The van der Waals surface area contributed by atoms with Crippen molar-refractivity contribution >= 4 is 5.69 Å². The smallest absolute Gasteiger partial charge is 0.142 e. The number of benzene rings is 2. The van der Waals surface area contributed by atoms with Gasteiger partial charge in [-0.3, -0.25) is 0 Å². The molecule has 2 heterocycles. The molecule has 0 saturated carbocycles. The van der Waals surface area contributed by atoms with E-state index in [0.717, 1.165) is 64.6 Å². The third-order valence-electron chi connectivity index (χ3n) is 6.53. The summed E-state index contributed by atoms with van der Waals surface area (Å²) in [7, 11) is 1.76. The molecule has 33 heavy (non-hydrogen) atoms. The molecule has 4 rings (SSSR count). The number of hydrogen-bond acceptors (Lipinski definition) is 6. The summed E-state index contributed by atoms with van der Waals surface area (Å²) in [6.07, 6.45) is 2.25. The summed E-state index contributed by atoms with van der Waals surface area (Å²) >= 11 is 0. The Labute approximate surface area is 198 Å². The molecule has 1 fully saturated rings. The van der Waals surface area contributed by atoms with Gasteiger partial charge in [-0.2, -0.15) is 0 Å². The molecule has 2 aromatic rings. The zero-order chi connectivity index (χ0) is 22.9. The van der Waals surface area contributed by atoms with Crippen molar-refractivity contribution in [3.05, 3.63) is 59.2 Å². The van der Waals surface area contributed by atoms with Crippen molar-refractivity contribution < 1.29 is 18.9 Å². The Morgan fingerprint density at radius 3 is 2.76 bits per heavy atom. The summed E-state index contributed by atoms with van der Waals surface area (Å²) < 4.78 is 23.1. The second-order valence-electron chi connectivity index (χ2n) is 8.81. The van der Waals surface area contributed by atoms with E-state index in [4.69, 9.17) is 18.9 Å². The van der Waals surface area contributed by atoms with Crippen molar-refractivity contribution in [3.8, 4) is 5.75 Å². The van der Waals surface area contributed by atoms with Crippen LogP contribution in [0.5, 0.6) is 5.75 Å². The second-order valence-corrected chi connectivity index (χ2v) is 8.81. The number of hydrogen-bond donors (Lipinski definition) is 1. The fourth-order valence-corrected chi connectivity index (χ4v) is 4.71. The molecule has 0 amide bonds. The minimum Gasteiger partial charge on any atom is -0.490 e. The molecule has 180 valence electrons. The van der Waals surface area contributed by atoms with Gasteiger partial charge in [-0.15, -0.1) is 0 Å². The highest BCUT2D eigenvalue weighted by Gasteiger charge is 2.27. The van der Waals surface area contributed by atoms with Gasteiger partial charge < -0.3 is 29.2 Å². The van der Waals surface area contributed by atoms with Crippen LogP contribution in [0.4, 0.5) is 5.69 Å². The maximum Gasteiger partial charge on any atom is 0.142 e. The lowest BCUT2D eigenvalue weighted by Crippen LogP contribution is -2.41. The number of anilines is 1. The summed E-state index contributed by atoms with van der Waals surface area (Å²) in [5, 5.41) is 3.51. The van der Waals surface area contributed by atoms with E-state index in [1.165, 1.54) is 22.4 Å². The van der Waals surface area contributed by atoms with E-state index < -0.39 is 0 Å². The number of nitrogens with zero attached hydrogens (tertiary/aromatic N) is 1. The first kappa shape index (κ1) is 24.0. The van der Waals surface area contributed by atoms with Crippen LogP contribution in [0.2, 0.25) is 0 Å². The molecule has 2 unspecified atom stereocenters. The van der Waals surface area contributed by atoms with Crippen LogP contribution in [-0.2, 0) is 27.4 Å². The third kappa shape index (κ3) is 6.48. The first-order chi connectivity index (χ1) is 16.3. The molecule has 6 nitrogen and oxygen atoms in total. The first-order valence-electron chi connectivity index (χ1n) is 12.3. The summed E-state index contributed by atoms with van der Waals surface area (Å²) in [5.41, 5.74) is 4.93. The van der Waals surface area contributed by atoms with Crippen LogP contribution in [-0.4, -0.2) is 59.2 Å².